The Labute approximate surface area is 147 Å². The van der Waals surface area contributed by atoms with Crippen molar-refractivity contribution in [2.24, 2.45) is 0 Å². The Morgan fingerprint density at radius 2 is 2.08 bits per heavy atom. The highest BCUT2D eigenvalue weighted by molar-refractivity contribution is 5.66. The van der Waals surface area contributed by atoms with E-state index in [1.54, 1.807) is 18.5 Å². The molecule has 1 aliphatic heterocycles. The molecule has 1 aromatic heterocycles. The van der Waals surface area contributed by atoms with Crippen molar-refractivity contribution in [3.63, 3.8) is 0 Å². The number of anilines is 2. The fraction of sp³-hybridized carbons (Fsp3) is 0.444. The summed E-state index contributed by atoms with van der Waals surface area (Å²) in [5.41, 5.74) is 2.73. The van der Waals surface area contributed by atoms with E-state index in [0.717, 1.165) is 49.4 Å². The summed E-state index contributed by atoms with van der Waals surface area (Å²) in [5, 5.41) is 14.6. The average Bonchev–Trinajstić information content (AvgIpc) is 2.64. The maximum atomic E-state index is 11.3. The third kappa shape index (κ3) is 3.87. The van der Waals surface area contributed by atoms with Crippen LogP contribution in [0.1, 0.15) is 31.0 Å². The van der Waals surface area contributed by atoms with E-state index in [-0.39, 0.29) is 16.7 Å². The van der Waals surface area contributed by atoms with Gasteiger partial charge in [0, 0.05) is 37.0 Å². The fourth-order valence-electron chi connectivity index (χ4n) is 3.20. The van der Waals surface area contributed by atoms with Crippen LogP contribution in [-0.4, -0.2) is 34.0 Å². The number of nitro benzene ring substituents is 1. The van der Waals surface area contributed by atoms with Crippen molar-refractivity contribution >= 4 is 17.2 Å². The number of aryl methyl sites for hydroxylation is 2. The molecule has 1 saturated heterocycles. The van der Waals surface area contributed by atoms with Crippen LogP contribution in [0.15, 0.2) is 30.6 Å². The van der Waals surface area contributed by atoms with E-state index in [4.69, 9.17) is 0 Å². The minimum atomic E-state index is -0.322. The number of hydrogen-bond acceptors (Lipinski definition) is 6. The lowest BCUT2D eigenvalue weighted by Crippen LogP contribution is -2.39. The summed E-state index contributed by atoms with van der Waals surface area (Å²) in [5.74, 6) is 0.965. The molecule has 1 aliphatic rings. The number of nitrogens with zero attached hydrogens (tertiary/aromatic N) is 4. The third-order valence-electron chi connectivity index (χ3n) is 4.69. The molecule has 7 nitrogen and oxygen atoms in total. The van der Waals surface area contributed by atoms with Crippen LogP contribution in [0, 0.1) is 17.0 Å². The Balaban J connectivity index is 1.66. The lowest BCUT2D eigenvalue weighted by Gasteiger charge is -2.33. The highest BCUT2D eigenvalue weighted by Gasteiger charge is 2.23. The van der Waals surface area contributed by atoms with E-state index in [2.05, 4.69) is 27.1 Å². The van der Waals surface area contributed by atoms with Crippen LogP contribution in [0.2, 0.25) is 0 Å². The van der Waals surface area contributed by atoms with Crippen LogP contribution < -0.4 is 10.2 Å². The van der Waals surface area contributed by atoms with Gasteiger partial charge in [-0.3, -0.25) is 10.1 Å². The lowest BCUT2D eigenvalue weighted by atomic mass is 10.0. The predicted molar refractivity (Wildman–Crippen MR) is 98.1 cm³/mol. The molecule has 0 radical (unpaired) electrons. The van der Waals surface area contributed by atoms with Gasteiger partial charge in [-0.25, -0.2) is 9.97 Å². The number of para-hydroxylation sites is 1. The maximum absolute atomic E-state index is 11.3. The molecular formula is C18H23N5O2. The Bertz CT molecular complexity index is 757. The van der Waals surface area contributed by atoms with Gasteiger partial charge >= 0.3 is 0 Å². The van der Waals surface area contributed by atoms with Crippen LogP contribution in [0.5, 0.6) is 0 Å². The summed E-state index contributed by atoms with van der Waals surface area (Å²) in [4.78, 5) is 21.8. The van der Waals surface area contributed by atoms with Gasteiger partial charge in [0.2, 0.25) is 0 Å². The summed E-state index contributed by atoms with van der Waals surface area (Å²) in [6.45, 7) is 5.73. The Morgan fingerprint density at radius 3 is 2.76 bits per heavy atom. The highest BCUT2D eigenvalue weighted by atomic mass is 16.6. The molecule has 0 atom stereocenters. The van der Waals surface area contributed by atoms with E-state index in [0.29, 0.717) is 5.69 Å². The van der Waals surface area contributed by atoms with Gasteiger partial charge in [0.15, 0.2) is 0 Å². The third-order valence-corrected chi connectivity index (χ3v) is 4.69. The lowest BCUT2D eigenvalue weighted by molar-refractivity contribution is -0.384. The van der Waals surface area contributed by atoms with E-state index >= 15 is 0 Å². The van der Waals surface area contributed by atoms with Gasteiger partial charge < -0.3 is 10.2 Å². The predicted octanol–water partition coefficient (Wildman–Crippen LogP) is 3.34. The molecule has 2 aromatic rings. The van der Waals surface area contributed by atoms with Crippen molar-refractivity contribution in [1.82, 2.24) is 9.97 Å². The fourth-order valence-corrected chi connectivity index (χ4v) is 3.20. The second kappa shape index (κ2) is 7.46. The number of hydrogen-bond donors (Lipinski definition) is 1. The summed E-state index contributed by atoms with van der Waals surface area (Å²) < 4.78 is 0. The molecule has 0 aliphatic carbocycles. The smallest absolute Gasteiger partial charge is 0.292 e. The van der Waals surface area contributed by atoms with Crippen LogP contribution in [0.4, 0.5) is 17.2 Å². The normalized spacial score (nSPS) is 15.2. The Hall–Kier alpha value is -2.70. The minimum Gasteiger partial charge on any atom is -0.376 e. The van der Waals surface area contributed by atoms with E-state index in [9.17, 15) is 10.1 Å². The number of aromatic nitrogens is 2. The molecule has 0 unspecified atom stereocenters. The molecule has 25 heavy (non-hydrogen) atoms. The Kier molecular flexibility index (Phi) is 5.11. The van der Waals surface area contributed by atoms with Crippen molar-refractivity contribution in [3.8, 4) is 0 Å². The summed E-state index contributed by atoms with van der Waals surface area (Å²) in [6.07, 6.45) is 4.34. The molecule has 0 amide bonds. The molecule has 1 aromatic carbocycles. The second-order valence-corrected chi connectivity index (χ2v) is 6.35. The summed E-state index contributed by atoms with van der Waals surface area (Å²) in [7, 11) is 0. The molecular weight excluding hydrogens is 318 g/mol. The molecule has 2 heterocycles. The van der Waals surface area contributed by atoms with Crippen molar-refractivity contribution in [1.29, 1.82) is 0 Å². The maximum Gasteiger partial charge on any atom is 0.292 e. The van der Waals surface area contributed by atoms with Crippen molar-refractivity contribution in [2.75, 3.05) is 23.3 Å². The van der Waals surface area contributed by atoms with Gasteiger partial charge in [0.1, 0.15) is 17.8 Å². The van der Waals surface area contributed by atoms with Crippen LogP contribution in [0.3, 0.4) is 0 Å². The molecule has 1 fully saturated rings. The number of piperidine rings is 1. The minimum absolute atomic E-state index is 0.144. The first kappa shape index (κ1) is 17.1. The zero-order chi connectivity index (χ0) is 17.8. The topological polar surface area (TPSA) is 84.2 Å². The monoisotopic (exact) mass is 341 g/mol. The first-order valence-corrected chi connectivity index (χ1v) is 8.65. The molecule has 0 saturated carbocycles. The first-order chi connectivity index (χ1) is 12.1. The van der Waals surface area contributed by atoms with E-state index < -0.39 is 0 Å². The molecule has 3 rings (SSSR count). The van der Waals surface area contributed by atoms with Gasteiger partial charge in [0.25, 0.3) is 5.69 Å². The van der Waals surface area contributed by atoms with E-state index in [1.807, 2.05) is 19.1 Å². The average molecular weight is 341 g/mol. The summed E-state index contributed by atoms with van der Waals surface area (Å²) >= 11 is 0. The van der Waals surface area contributed by atoms with Crippen LogP contribution in [-0.2, 0) is 6.42 Å². The number of nitro groups is 1. The second-order valence-electron chi connectivity index (χ2n) is 6.35. The molecule has 0 spiro atoms. The van der Waals surface area contributed by atoms with Gasteiger partial charge in [-0.1, -0.05) is 19.1 Å². The van der Waals surface area contributed by atoms with E-state index in [1.165, 1.54) is 0 Å². The van der Waals surface area contributed by atoms with Crippen molar-refractivity contribution in [3.05, 3.63) is 52.0 Å². The number of nitrogens with one attached hydrogen (secondary N) is 1. The van der Waals surface area contributed by atoms with Gasteiger partial charge in [-0.2, -0.15) is 0 Å². The first-order valence-electron chi connectivity index (χ1n) is 8.65. The molecule has 7 heteroatoms. The van der Waals surface area contributed by atoms with Gasteiger partial charge in [-0.05, 0) is 31.7 Å². The largest absolute Gasteiger partial charge is 0.376 e. The van der Waals surface area contributed by atoms with Crippen LogP contribution >= 0.6 is 0 Å². The van der Waals surface area contributed by atoms with Crippen molar-refractivity contribution < 1.29 is 4.92 Å². The van der Waals surface area contributed by atoms with Gasteiger partial charge in [-0.15, -0.1) is 0 Å². The quantitative estimate of drug-likeness (QED) is 0.663. The standard InChI is InChI=1S/C18H23N5O2/c1-3-14-11-17(20-12-19-14)22-9-7-15(8-10-22)21-18-13(2)5-4-6-16(18)23(24)25/h4-6,11-12,15,21H,3,7-10H2,1-2H3. The molecule has 1 N–H and O–H groups in total. The SMILES string of the molecule is CCc1cc(N2CCC(Nc3c(C)cccc3[N+](=O)[O-])CC2)ncn1. The highest BCUT2D eigenvalue weighted by Crippen LogP contribution is 2.30. The number of benzene rings is 1. The number of rotatable bonds is 5. The zero-order valence-electron chi connectivity index (χ0n) is 14.6. The molecule has 0 bridgehead atoms. The Morgan fingerprint density at radius 1 is 1.32 bits per heavy atom. The molecule has 132 valence electrons. The zero-order valence-corrected chi connectivity index (χ0v) is 14.6. The summed E-state index contributed by atoms with van der Waals surface area (Å²) in [6, 6.07) is 7.44. The van der Waals surface area contributed by atoms with Crippen molar-refractivity contribution in [2.45, 2.75) is 39.2 Å². The van der Waals surface area contributed by atoms with Crippen LogP contribution in [0.25, 0.3) is 0 Å². The van der Waals surface area contributed by atoms with Gasteiger partial charge in [0.05, 0.1) is 4.92 Å².